The summed E-state index contributed by atoms with van der Waals surface area (Å²) >= 11 is 0. The molecule has 0 atom stereocenters. The molecule has 0 unspecified atom stereocenters. The summed E-state index contributed by atoms with van der Waals surface area (Å²) in [5.41, 5.74) is -1.66. The summed E-state index contributed by atoms with van der Waals surface area (Å²) in [4.78, 5) is 53.9. The number of hydrogen-bond acceptors (Lipinski definition) is 8. The van der Waals surface area contributed by atoms with E-state index in [9.17, 15) is 19.2 Å². The Morgan fingerprint density at radius 3 is 0.733 bits per heavy atom. The topological polar surface area (TPSA) is 105 Å². The smallest absolute Gasteiger partial charge is 0.322 e. The molecule has 0 fully saturated rings. The number of esters is 4. The van der Waals surface area contributed by atoms with Gasteiger partial charge in [-0.1, -0.05) is 250 Å². The molecule has 0 aromatic carbocycles. The van der Waals surface area contributed by atoms with Crippen molar-refractivity contribution in [2.45, 2.75) is 336 Å². The predicted octanol–water partition coefficient (Wildman–Crippen LogP) is 20.6. The number of rotatable bonds is 59. The number of carbonyl (C=O) groups excluding carboxylic acids is 4. The van der Waals surface area contributed by atoms with Crippen molar-refractivity contribution in [2.24, 2.45) is 5.41 Å². The van der Waals surface area contributed by atoms with Gasteiger partial charge in [0.15, 0.2) is 5.41 Å². The minimum atomic E-state index is -1.66. The van der Waals surface area contributed by atoms with Crippen LogP contribution in [0.25, 0.3) is 0 Å². The lowest BCUT2D eigenvalue weighted by atomic mass is 9.91. The Labute approximate surface area is 464 Å². The summed E-state index contributed by atoms with van der Waals surface area (Å²) < 4.78 is 23.3. The minimum absolute atomic E-state index is 0.196. The molecule has 0 saturated heterocycles. The molecule has 438 valence electrons. The third kappa shape index (κ3) is 51.6. The highest BCUT2D eigenvalue weighted by Crippen LogP contribution is 2.25. The lowest BCUT2D eigenvalue weighted by Gasteiger charge is -2.30. The van der Waals surface area contributed by atoms with Crippen molar-refractivity contribution in [1.82, 2.24) is 0 Å². The summed E-state index contributed by atoms with van der Waals surface area (Å²) in [5.74, 6) is -1.91. The Hall–Kier alpha value is -2.90. The summed E-state index contributed by atoms with van der Waals surface area (Å²) in [7, 11) is 0. The maximum Gasteiger partial charge on any atom is 0.322 e. The molecule has 0 saturated carbocycles. The van der Waals surface area contributed by atoms with Crippen molar-refractivity contribution in [3.63, 3.8) is 0 Å². The van der Waals surface area contributed by atoms with Gasteiger partial charge in [-0.3, -0.25) is 19.2 Å². The van der Waals surface area contributed by atoms with Gasteiger partial charge < -0.3 is 18.9 Å². The first-order chi connectivity index (χ1) is 36.8. The lowest BCUT2D eigenvalue weighted by molar-refractivity contribution is -0.179. The number of ether oxygens (including phenoxy) is 4. The molecule has 0 aliphatic carbocycles. The first kappa shape index (κ1) is 72.1. The molecular weight excluding hydrogens is 933 g/mol. The molecule has 0 aliphatic rings. The average molecular weight is 1060 g/mol. The molecule has 0 radical (unpaired) electrons. The zero-order valence-corrected chi connectivity index (χ0v) is 50.0. The van der Waals surface area contributed by atoms with Crippen LogP contribution in [0.4, 0.5) is 0 Å². The van der Waals surface area contributed by atoms with E-state index in [0.717, 1.165) is 122 Å². The molecule has 8 nitrogen and oxygen atoms in total. The summed E-state index contributed by atoms with van der Waals surface area (Å²) in [5, 5.41) is 0. The van der Waals surface area contributed by atoms with Crippen LogP contribution in [-0.4, -0.2) is 50.3 Å². The minimum Gasteiger partial charge on any atom is -0.465 e. The van der Waals surface area contributed by atoms with Crippen LogP contribution in [-0.2, 0) is 38.1 Å². The highest BCUT2D eigenvalue weighted by Gasteiger charge is 2.45. The quantitative estimate of drug-likeness (QED) is 0.0257. The number of hydrogen-bond donors (Lipinski definition) is 0. The molecule has 0 amide bonds. The summed E-state index contributed by atoms with van der Waals surface area (Å²) in [6.07, 6.45) is 66.3. The standard InChI is InChI=1S/C67H122O8/c1-5-9-13-17-21-24-27-30-33-36-39-42-45-48-52-56-63(68)73-60-67(66(71)72-59-55-51-20-16-12-8-4,61-74-64(69)57-53-49-46-43-40-37-34-31-28-25-22-18-14-10-6-2)62-75-65(70)58-54-50-47-44-41-38-35-32-29-26-23-19-15-11-7-3/h30-35H,5-29,36-62H2,1-4H3. The van der Waals surface area contributed by atoms with E-state index in [-0.39, 0.29) is 45.7 Å². The maximum atomic E-state index is 14.2. The molecule has 0 spiro atoms. The van der Waals surface area contributed by atoms with Crippen molar-refractivity contribution >= 4 is 23.9 Å². The summed E-state index contributed by atoms with van der Waals surface area (Å²) in [6.45, 7) is 8.01. The zero-order valence-electron chi connectivity index (χ0n) is 50.0. The van der Waals surface area contributed by atoms with E-state index in [4.69, 9.17) is 18.9 Å². The fraction of sp³-hybridized carbons (Fsp3) is 0.851. The van der Waals surface area contributed by atoms with Crippen LogP contribution < -0.4 is 0 Å². The van der Waals surface area contributed by atoms with Crippen molar-refractivity contribution < 1.29 is 38.1 Å². The number of allylic oxidation sites excluding steroid dienone is 6. The third-order valence-corrected chi connectivity index (χ3v) is 14.6. The van der Waals surface area contributed by atoms with Crippen molar-refractivity contribution in [3.8, 4) is 0 Å². The molecule has 0 N–H and O–H groups in total. The second kappa shape index (κ2) is 58.8. The molecule has 0 aliphatic heterocycles. The molecule has 0 heterocycles. The SMILES string of the molecule is CCCCCCCCC=CCCCCCCCC(=O)OCC(COC(=O)CCCCCCCC=CCCCCCCCC)(COC(=O)CCCCCCCC=CCCCCCCCC)C(=O)OCCCCCCCC. The van der Waals surface area contributed by atoms with E-state index in [0.29, 0.717) is 25.7 Å². The van der Waals surface area contributed by atoms with E-state index in [1.165, 1.54) is 141 Å². The maximum absolute atomic E-state index is 14.2. The van der Waals surface area contributed by atoms with E-state index >= 15 is 0 Å². The Kier molecular flexibility index (Phi) is 56.5. The Morgan fingerprint density at radius 2 is 0.480 bits per heavy atom. The highest BCUT2D eigenvalue weighted by molar-refractivity contribution is 5.80. The van der Waals surface area contributed by atoms with Gasteiger partial charge in [-0.25, -0.2) is 0 Å². The second-order valence-corrected chi connectivity index (χ2v) is 22.2. The van der Waals surface area contributed by atoms with Gasteiger partial charge in [0.05, 0.1) is 6.61 Å². The lowest BCUT2D eigenvalue weighted by Crippen LogP contribution is -2.47. The number of carbonyl (C=O) groups is 4. The Balaban J connectivity index is 5.34. The van der Waals surface area contributed by atoms with Gasteiger partial charge in [-0.15, -0.1) is 0 Å². The second-order valence-electron chi connectivity index (χ2n) is 22.2. The normalized spacial score (nSPS) is 12.5. The summed E-state index contributed by atoms with van der Waals surface area (Å²) in [6, 6.07) is 0. The molecule has 0 aromatic heterocycles. The largest absolute Gasteiger partial charge is 0.465 e. The molecule has 0 bridgehead atoms. The highest BCUT2D eigenvalue weighted by atomic mass is 16.6. The van der Waals surface area contributed by atoms with Crippen LogP contribution in [0.2, 0.25) is 0 Å². The van der Waals surface area contributed by atoms with Crippen LogP contribution in [0.3, 0.4) is 0 Å². The average Bonchev–Trinajstić information content (AvgIpc) is 3.41. The van der Waals surface area contributed by atoms with Gasteiger partial charge in [-0.05, 0) is 103 Å². The van der Waals surface area contributed by atoms with Crippen molar-refractivity contribution in [1.29, 1.82) is 0 Å². The van der Waals surface area contributed by atoms with Crippen molar-refractivity contribution in [3.05, 3.63) is 36.5 Å². The van der Waals surface area contributed by atoms with Crippen LogP contribution in [0.1, 0.15) is 336 Å². The fourth-order valence-corrected chi connectivity index (χ4v) is 9.39. The van der Waals surface area contributed by atoms with E-state index < -0.39 is 29.3 Å². The van der Waals surface area contributed by atoms with E-state index in [1.807, 2.05) is 0 Å². The molecule has 75 heavy (non-hydrogen) atoms. The van der Waals surface area contributed by atoms with Gasteiger partial charge in [0, 0.05) is 19.3 Å². The molecule has 8 heteroatoms. The Morgan fingerprint density at radius 1 is 0.267 bits per heavy atom. The monoisotopic (exact) mass is 1050 g/mol. The van der Waals surface area contributed by atoms with Crippen molar-refractivity contribution in [2.75, 3.05) is 26.4 Å². The predicted molar refractivity (Wildman–Crippen MR) is 318 cm³/mol. The van der Waals surface area contributed by atoms with Gasteiger partial charge in [0.2, 0.25) is 0 Å². The first-order valence-electron chi connectivity index (χ1n) is 32.4. The molecule has 0 rings (SSSR count). The van der Waals surface area contributed by atoms with Gasteiger partial charge in [0.1, 0.15) is 19.8 Å². The van der Waals surface area contributed by atoms with Crippen LogP contribution >= 0.6 is 0 Å². The van der Waals surface area contributed by atoms with Crippen LogP contribution in [0.15, 0.2) is 36.5 Å². The third-order valence-electron chi connectivity index (χ3n) is 14.6. The van der Waals surface area contributed by atoms with E-state index in [2.05, 4.69) is 64.2 Å². The van der Waals surface area contributed by atoms with Crippen LogP contribution in [0.5, 0.6) is 0 Å². The molecular formula is C67H122O8. The van der Waals surface area contributed by atoms with E-state index in [1.54, 1.807) is 0 Å². The number of unbranched alkanes of at least 4 members (excludes halogenated alkanes) is 38. The van der Waals surface area contributed by atoms with Gasteiger partial charge >= 0.3 is 23.9 Å². The van der Waals surface area contributed by atoms with Gasteiger partial charge in [0.25, 0.3) is 0 Å². The molecule has 0 aromatic rings. The fourth-order valence-electron chi connectivity index (χ4n) is 9.39. The van der Waals surface area contributed by atoms with Gasteiger partial charge in [-0.2, -0.15) is 0 Å². The first-order valence-corrected chi connectivity index (χ1v) is 32.4. The Bertz CT molecular complexity index is 1220. The van der Waals surface area contributed by atoms with Crippen LogP contribution in [0, 0.1) is 5.41 Å². The zero-order chi connectivity index (χ0) is 54.7.